The van der Waals surface area contributed by atoms with Gasteiger partial charge in [-0.3, -0.25) is 9.78 Å². The van der Waals surface area contributed by atoms with E-state index in [-0.39, 0.29) is 11.9 Å². The summed E-state index contributed by atoms with van der Waals surface area (Å²) in [5.41, 5.74) is 0.894. The van der Waals surface area contributed by atoms with Crippen molar-refractivity contribution in [1.29, 1.82) is 0 Å². The third kappa shape index (κ3) is 2.52. The molecule has 1 aromatic carbocycles. The van der Waals surface area contributed by atoms with Crippen LogP contribution >= 0.6 is 28.0 Å². The van der Waals surface area contributed by atoms with E-state index in [1.165, 1.54) is 0 Å². The molecule has 0 saturated heterocycles. The molecule has 1 fully saturated rings. The van der Waals surface area contributed by atoms with E-state index in [2.05, 4.69) is 20.9 Å². The molecule has 1 aromatic heterocycles. The lowest BCUT2D eigenvalue weighted by atomic mass is 10.2. The van der Waals surface area contributed by atoms with E-state index in [1.54, 1.807) is 6.20 Å². The first-order valence-corrected chi connectivity index (χ1v) is 7.20. The highest BCUT2D eigenvalue weighted by Gasteiger charge is 2.31. The first-order chi connectivity index (χ1) is 8.74. The topological polar surface area (TPSA) is 39.2 Å². The number of carbonyl (C=O) groups is 1. The lowest BCUT2D eigenvalue weighted by molar-refractivity contribution is -0.134. The molecular weight excluding hydrogens is 314 g/mol. The molecule has 1 heterocycles. The van der Waals surface area contributed by atoms with Crippen molar-refractivity contribution < 1.29 is 8.98 Å². The predicted octanol–water partition coefficient (Wildman–Crippen LogP) is 3.96. The summed E-state index contributed by atoms with van der Waals surface area (Å²) < 4.78 is 6.22. The zero-order valence-corrected chi connectivity index (χ0v) is 11.8. The summed E-state index contributed by atoms with van der Waals surface area (Å²) in [5.74, 6) is 0.0114. The number of nitrogens with zero attached hydrogens (tertiary/aromatic N) is 1. The van der Waals surface area contributed by atoms with Crippen LogP contribution in [-0.2, 0) is 8.98 Å². The monoisotopic (exact) mass is 323 g/mol. The van der Waals surface area contributed by atoms with Gasteiger partial charge in [-0.25, -0.2) is 0 Å². The Bertz CT molecular complexity index is 613. The van der Waals surface area contributed by atoms with Gasteiger partial charge in [-0.05, 0) is 37.1 Å². The molecule has 0 atom stereocenters. The lowest BCUT2D eigenvalue weighted by Gasteiger charge is -2.05. The van der Waals surface area contributed by atoms with E-state index in [4.69, 9.17) is 4.18 Å². The lowest BCUT2D eigenvalue weighted by Crippen LogP contribution is -2.00. The smallest absolute Gasteiger partial charge is 0.321 e. The maximum atomic E-state index is 11.5. The number of hydrogen-bond donors (Lipinski definition) is 0. The average Bonchev–Trinajstić information content (AvgIpc) is 3.20. The second-order valence-electron chi connectivity index (χ2n) is 4.23. The zero-order chi connectivity index (χ0) is 12.5. The van der Waals surface area contributed by atoms with Crippen LogP contribution in [0.15, 0.2) is 39.8 Å². The van der Waals surface area contributed by atoms with E-state index in [1.807, 2.05) is 24.3 Å². The minimum Gasteiger partial charge on any atom is -0.386 e. The van der Waals surface area contributed by atoms with Crippen molar-refractivity contribution in [3.63, 3.8) is 0 Å². The van der Waals surface area contributed by atoms with Crippen LogP contribution in [0.3, 0.4) is 0 Å². The Hall–Kier alpha value is -1.07. The molecule has 0 aliphatic heterocycles. The molecule has 0 radical (unpaired) electrons. The molecule has 3 nitrogen and oxygen atoms in total. The van der Waals surface area contributed by atoms with Crippen LogP contribution in [0.2, 0.25) is 0 Å². The average molecular weight is 324 g/mol. The summed E-state index contributed by atoms with van der Waals surface area (Å²) >= 11 is 4.56. The van der Waals surface area contributed by atoms with Gasteiger partial charge in [0.25, 0.3) is 0 Å². The third-order valence-electron chi connectivity index (χ3n) is 2.79. The highest BCUT2D eigenvalue weighted by Crippen LogP contribution is 2.35. The maximum absolute atomic E-state index is 11.5. The first-order valence-electron chi connectivity index (χ1n) is 5.67. The van der Waals surface area contributed by atoms with E-state index in [0.29, 0.717) is 0 Å². The van der Waals surface area contributed by atoms with Crippen molar-refractivity contribution in [1.82, 2.24) is 4.98 Å². The molecule has 0 spiro atoms. The summed E-state index contributed by atoms with van der Waals surface area (Å²) in [6.45, 7) is 0. The van der Waals surface area contributed by atoms with E-state index < -0.39 is 0 Å². The fourth-order valence-corrected chi connectivity index (χ4v) is 2.68. The van der Waals surface area contributed by atoms with Gasteiger partial charge in [-0.1, -0.05) is 15.9 Å². The standard InChI is InChI=1S/C13H10BrNO2S/c14-9-3-4-11-10(7-9)12(5-6-15-11)18-17-13(16)8-1-2-8/h3-8H,1-2H2. The second kappa shape index (κ2) is 4.90. The van der Waals surface area contributed by atoms with Gasteiger partial charge in [0.1, 0.15) is 0 Å². The predicted molar refractivity (Wildman–Crippen MR) is 74.1 cm³/mol. The molecule has 2 aromatic rings. The van der Waals surface area contributed by atoms with Gasteiger partial charge in [0.15, 0.2) is 0 Å². The van der Waals surface area contributed by atoms with Gasteiger partial charge in [0.05, 0.1) is 28.4 Å². The Morgan fingerprint density at radius 2 is 2.22 bits per heavy atom. The highest BCUT2D eigenvalue weighted by atomic mass is 79.9. The van der Waals surface area contributed by atoms with Crippen molar-refractivity contribution in [2.45, 2.75) is 17.7 Å². The molecule has 1 aliphatic carbocycles. The van der Waals surface area contributed by atoms with Crippen LogP contribution in [0.5, 0.6) is 0 Å². The van der Waals surface area contributed by atoms with Crippen LogP contribution in [-0.4, -0.2) is 11.0 Å². The minimum atomic E-state index is -0.111. The van der Waals surface area contributed by atoms with Gasteiger partial charge < -0.3 is 4.18 Å². The van der Waals surface area contributed by atoms with Gasteiger partial charge >= 0.3 is 5.97 Å². The SMILES string of the molecule is O=C(OSc1ccnc2ccc(Br)cc12)C1CC1. The van der Waals surface area contributed by atoms with Crippen molar-refractivity contribution in [2.75, 3.05) is 0 Å². The molecule has 1 aliphatic rings. The Morgan fingerprint density at radius 3 is 3.00 bits per heavy atom. The Labute approximate surface area is 117 Å². The molecule has 5 heteroatoms. The number of pyridine rings is 1. The van der Waals surface area contributed by atoms with Crippen molar-refractivity contribution in [3.8, 4) is 0 Å². The van der Waals surface area contributed by atoms with E-state index >= 15 is 0 Å². The quantitative estimate of drug-likeness (QED) is 0.801. The van der Waals surface area contributed by atoms with Gasteiger partial charge in [-0.15, -0.1) is 0 Å². The number of carbonyl (C=O) groups excluding carboxylic acids is 1. The molecule has 0 N–H and O–H groups in total. The van der Waals surface area contributed by atoms with Gasteiger partial charge in [0, 0.05) is 16.1 Å². The molecule has 1 saturated carbocycles. The molecule has 0 unspecified atom stereocenters. The molecule has 0 bridgehead atoms. The van der Waals surface area contributed by atoms with Crippen LogP contribution in [0.1, 0.15) is 12.8 Å². The fourth-order valence-electron chi connectivity index (χ4n) is 1.64. The minimum absolute atomic E-state index is 0.111. The number of halogens is 1. The first kappa shape index (κ1) is 12.0. The number of fused-ring (bicyclic) bond motifs is 1. The third-order valence-corrected chi connectivity index (χ3v) is 4.06. The summed E-state index contributed by atoms with van der Waals surface area (Å²) in [6, 6.07) is 7.72. The van der Waals surface area contributed by atoms with Crippen LogP contribution in [0, 0.1) is 5.92 Å². The molecule has 3 rings (SSSR count). The summed E-state index contributed by atoms with van der Waals surface area (Å²) in [7, 11) is 0. The zero-order valence-electron chi connectivity index (χ0n) is 9.43. The van der Waals surface area contributed by atoms with E-state index in [9.17, 15) is 4.79 Å². The number of aromatic nitrogens is 1. The van der Waals surface area contributed by atoms with E-state index in [0.717, 1.165) is 45.2 Å². The van der Waals surface area contributed by atoms with Gasteiger partial charge in [-0.2, -0.15) is 0 Å². The molecular formula is C13H10BrNO2S. The van der Waals surface area contributed by atoms with Crippen LogP contribution in [0.25, 0.3) is 10.9 Å². The second-order valence-corrected chi connectivity index (χ2v) is 5.92. The Kier molecular flexibility index (Phi) is 3.26. The molecule has 92 valence electrons. The molecule has 18 heavy (non-hydrogen) atoms. The highest BCUT2D eigenvalue weighted by molar-refractivity contribution is 9.10. The number of hydrogen-bond acceptors (Lipinski definition) is 4. The van der Waals surface area contributed by atoms with Crippen molar-refractivity contribution in [2.24, 2.45) is 5.92 Å². The number of benzene rings is 1. The Morgan fingerprint density at radius 1 is 1.39 bits per heavy atom. The maximum Gasteiger partial charge on any atom is 0.321 e. The van der Waals surface area contributed by atoms with Crippen molar-refractivity contribution >= 4 is 44.8 Å². The number of rotatable bonds is 3. The summed E-state index contributed by atoms with van der Waals surface area (Å²) in [4.78, 5) is 16.7. The van der Waals surface area contributed by atoms with Crippen LogP contribution in [0.4, 0.5) is 0 Å². The molecule has 0 amide bonds. The van der Waals surface area contributed by atoms with Crippen LogP contribution < -0.4 is 0 Å². The van der Waals surface area contributed by atoms with Gasteiger partial charge in [0.2, 0.25) is 0 Å². The fraction of sp³-hybridized carbons (Fsp3) is 0.231. The Balaban J connectivity index is 1.86. The normalized spacial score (nSPS) is 14.7. The summed E-state index contributed by atoms with van der Waals surface area (Å²) in [5, 5.41) is 0.987. The van der Waals surface area contributed by atoms with Crippen molar-refractivity contribution in [3.05, 3.63) is 34.9 Å². The summed E-state index contributed by atoms with van der Waals surface area (Å²) in [6.07, 6.45) is 3.65. The largest absolute Gasteiger partial charge is 0.386 e.